The van der Waals surface area contributed by atoms with Crippen molar-refractivity contribution in [3.05, 3.63) is 35.5 Å². The lowest BCUT2D eigenvalue weighted by Gasteiger charge is -2.38. The number of rotatable bonds is 1. The molecule has 136 valence electrons. The van der Waals surface area contributed by atoms with Gasteiger partial charge in [0.25, 0.3) is 0 Å². The van der Waals surface area contributed by atoms with E-state index in [9.17, 15) is 14.7 Å². The van der Waals surface area contributed by atoms with E-state index in [2.05, 4.69) is 10.2 Å². The second kappa shape index (κ2) is 5.63. The molecular formula is C18H20N4O4. The van der Waals surface area contributed by atoms with Crippen molar-refractivity contribution < 1.29 is 19.4 Å². The van der Waals surface area contributed by atoms with E-state index in [1.165, 1.54) is 4.80 Å². The molecule has 2 aromatic rings. The highest BCUT2D eigenvalue weighted by Crippen LogP contribution is 2.37. The lowest BCUT2D eigenvalue weighted by Crippen LogP contribution is -2.52. The molecule has 1 unspecified atom stereocenters. The molecule has 0 radical (unpaired) electrons. The van der Waals surface area contributed by atoms with Crippen molar-refractivity contribution in [2.45, 2.75) is 38.5 Å². The van der Waals surface area contributed by atoms with Crippen LogP contribution in [0, 0.1) is 0 Å². The van der Waals surface area contributed by atoms with Crippen molar-refractivity contribution in [2.24, 2.45) is 0 Å². The summed E-state index contributed by atoms with van der Waals surface area (Å²) in [5.41, 5.74) is 1.36. The number of aliphatic hydroxyl groups excluding tert-OH is 1. The zero-order valence-electron chi connectivity index (χ0n) is 14.8. The predicted octanol–water partition coefficient (Wildman–Crippen LogP) is 1.97. The van der Waals surface area contributed by atoms with Gasteiger partial charge in [0.15, 0.2) is 11.9 Å². The van der Waals surface area contributed by atoms with Crippen LogP contribution in [0.2, 0.25) is 0 Å². The molecule has 8 heteroatoms. The zero-order valence-corrected chi connectivity index (χ0v) is 14.8. The number of benzene rings is 1. The number of fused-ring (bicyclic) bond motifs is 3. The molecule has 2 aliphatic rings. The average molecular weight is 356 g/mol. The van der Waals surface area contributed by atoms with Crippen LogP contribution in [0.25, 0.3) is 11.3 Å². The van der Waals surface area contributed by atoms with Gasteiger partial charge in [0.2, 0.25) is 0 Å². The molecule has 1 fully saturated rings. The first-order valence-corrected chi connectivity index (χ1v) is 8.51. The van der Waals surface area contributed by atoms with Crippen molar-refractivity contribution in [3.63, 3.8) is 0 Å². The van der Waals surface area contributed by atoms with E-state index >= 15 is 0 Å². The Kier molecular flexibility index (Phi) is 3.62. The van der Waals surface area contributed by atoms with Crippen LogP contribution in [-0.4, -0.2) is 55.6 Å². The van der Waals surface area contributed by atoms with Gasteiger partial charge in [-0.15, -0.1) is 0 Å². The lowest BCUT2D eigenvalue weighted by molar-refractivity contribution is -0.00233. The molecule has 1 aliphatic carbocycles. The maximum absolute atomic E-state index is 12.3. The maximum Gasteiger partial charge on any atom is 0.410 e. The van der Waals surface area contributed by atoms with E-state index in [1.54, 1.807) is 23.1 Å². The Morgan fingerprint density at radius 1 is 1.19 bits per heavy atom. The topological polar surface area (TPSA) is 97.6 Å². The number of carbonyl (C=O) groups excluding carboxylic acids is 2. The van der Waals surface area contributed by atoms with E-state index in [-0.39, 0.29) is 23.6 Å². The Bertz CT molecular complexity index is 893. The summed E-state index contributed by atoms with van der Waals surface area (Å²) in [6, 6.07) is 6.94. The second-order valence-electron chi connectivity index (χ2n) is 7.61. The molecule has 1 aromatic carbocycles. The Labute approximate surface area is 150 Å². The van der Waals surface area contributed by atoms with Gasteiger partial charge in [-0.2, -0.15) is 15.0 Å². The summed E-state index contributed by atoms with van der Waals surface area (Å²) in [4.78, 5) is 27.4. The number of nitrogens with zero attached hydrogens (tertiary/aromatic N) is 4. The third-order valence-corrected chi connectivity index (χ3v) is 4.45. The number of aromatic nitrogens is 3. The van der Waals surface area contributed by atoms with E-state index in [0.717, 1.165) is 0 Å². The lowest BCUT2D eigenvalue weighted by atomic mass is 9.89. The summed E-state index contributed by atoms with van der Waals surface area (Å²) in [5, 5.41) is 19.1. The minimum atomic E-state index is -1.31. The number of likely N-dealkylation sites (tertiary alicyclic amines) is 1. The van der Waals surface area contributed by atoms with E-state index < -0.39 is 11.7 Å². The molecule has 1 saturated heterocycles. The molecule has 26 heavy (non-hydrogen) atoms. The zero-order chi connectivity index (χ0) is 18.6. The monoisotopic (exact) mass is 356 g/mol. The standard InChI is InChI=1S/C18H20N4O4/c1-18(2,3)26-17(25)21-8-10(9-21)22-19-13-11-6-4-5-7-12(11)15(23)16(24)14(13)20-22/h4-7,10,16,24H,8-9H2,1-3H3. The minimum absolute atomic E-state index is 0.109. The Hall–Kier alpha value is -2.74. The molecule has 1 N–H and O–H groups in total. The molecule has 0 saturated carbocycles. The molecule has 1 atom stereocenters. The summed E-state index contributed by atoms with van der Waals surface area (Å²) in [5.74, 6) is -0.371. The van der Waals surface area contributed by atoms with Crippen LogP contribution in [0.1, 0.15) is 49.0 Å². The summed E-state index contributed by atoms with van der Waals surface area (Å²) in [6.45, 7) is 6.31. The number of ketones is 1. The van der Waals surface area contributed by atoms with Crippen LogP contribution in [-0.2, 0) is 4.74 Å². The highest BCUT2D eigenvalue weighted by molar-refractivity contribution is 6.08. The first-order valence-electron chi connectivity index (χ1n) is 8.51. The quantitative estimate of drug-likeness (QED) is 0.839. The Morgan fingerprint density at radius 2 is 1.85 bits per heavy atom. The molecule has 1 aromatic heterocycles. The second-order valence-corrected chi connectivity index (χ2v) is 7.61. The number of ether oxygens (including phenoxy) is 1. The van der Waals surface area contributed by atoms with Crippen molar-refractivity contribution >= 4 is 11.9 Å². The fraction of sp³-hybridized carbons (Fsp3) is 0.444. The molecule has 8 nitrogen and oxygen atoms in total. The van der Waals surface area contributed by atoms with Crippen molar-refractivity contribution in [1.29, 1.82) is 0 Å². The normalized spacial score (nSPS) is 19.6. The third-order valence-electron chi connectivity index (χ3n) is 4.45. The van der Waals surface area contributed by atoms with Crippen LogP contribution in [0.5, 0.6) is 0 Å². The SMILES string of the molecule is CC(C)(C)OC(=O)N1CC(n2nc3c(n2)C(O)C(=O)c2ccccc2-3)C1. The molecule has 1 aliphatic heterocycles. The van der Waals surface area contributed by atoms with Crippen LogP contribution in [0.15, 0.2) is 24.3 Å². The number of amides is 1. The van der Waals surface area contributed by atoms with E-state index in [0.29, 0.717) is 29.9 Å². The molecule has 0 bridgehead atoms. The molecule has 2 heterocycles. The van der Waals surface area contributed by atoms with Gasteiger partial charge in [-0.25, -0.2) is 4.79 Å². The molecule has 0 spiro atoms. The van der Waals surface area contributed by atoms with Gasteiger partial charge in [-0.1, -0.05) is 24.3 Å². The molecular weight excluding hydrogens is 336 g/mol. The maximum atomic E-state index is 12.3. The van der Waals surface area contributed by atoms with Crippen LogP contribution in [0.3, 0.4) is 0 Å². The van der Waals surface area contributed by atoms with Gasteiger partial charge in [-0.05, 0) is 20.8 Å². The van der Waals surface area contributed by atoms with Gasteiger partial charge < -0.3 is 14.7 Å². The summed E-state index contributed by atoms with van der Waals surface area (Å²) >= 11 is 0. The van der Waals surface area contributed by atoms with Crippen molar-refractivity contribution in [2.75, 3.05) is 13.1 Å². The predicted molar refractivity (Wildman–Crippen MR) is 91.6 cm³/mol. The highest BCUT2D eigenvalue weighted by Gasteiger charge is 2.39. The Balaban J connectivity index is 1.55. The summed E-state index contributed by atoms with van der Waals surface area (Å²) < 4.78 is 5.34. The largest absolute Gasteiger partial charge is 0.444 e. The van der Waals surface area contributed by atoms with Gasteiger partial charge in [0, 0.05) is 11.1 Å². The van der Waals surface area contributed by atoms with Gasteiger partial charge in [0.05, 0.1) is 13.1 Å². The van der Waals surface area contributed by atoms with Gasteiger partial charge in [-0.3, -0.25) is 4.79 Å². The van der Waals surface area contributed by atoms with Gasteiger partial charge >= 0.3 is 6.09 Å². The van der Waals surface area contributed by atoms with Gasteiger partial charge in [0.1, 0.15) is 23.0 Å². The van der Waals surface area contributed by atoms with Crippen molar-refractivity contribution in [1.82, 2.24) is 19.9 Å². The van der Waals surface area contributed by atoms with Crippen molar-refractivity contribution in [3.8, 4) is 11.3 Å². The third kappa shape index (κ3) is 2.66. The average Bonchev–Trinajstić information content (AvgIpc) is 2.94. The van der Waals surface area contributed by atoms with E-state index in [1.807, 2.05) is 26.8 Å². The highest BCUT2D eigenvalue weighted by atomic mass is 16.6. The number of carbonyl (C=O) groups is 2. The number of aliphatic hydroxyl groups is 1. The number of hydrogen-bond donors (Lipinski definition) is 1. The first kappa shape index (κ1) is 16.7. The first-order chi connectivity index (χ1) is 12.2. The number of Topliss-reactive ketones (excluding diaryl/α,β-unsaturated/α-hetero) is 1. The Morgan fingerprint density at radius 3 is 2.50 bits per heavy atom. The number of hydrogen-bond acceptors (Lipinski definition) is 6. The molecule has 4 rings (SSSR count). The van der Waals surface area contributed by atoms with Crippen LogP contribution < -0.4 is 0 Å². The molecule has 1 amide bonds. The van der Waals surface area contributed by atoms with Crippen LogP contribution >= 0.6 is 0 Å². The summed E-state index contributed by atoms with van der Waals surface area (Å²) in [6.07, 6.45) is -1.68. The smallest absolute Gasteiger partial charge is 0.410 e. The minimum Gasteiger partial charge on any atom is -0.444 e. The summed E-state index contributed by atoms with van der Waals surface area (Å²) in [7, 11) is 0. The van der Waals surface area contributed by atoms with E-state index in [4.69, 9.17) is 4.74 Å². The fourth-order valence-electron chi connectivity index (χ4n) is 3.13. The fourth-order valence-corrected chi connectivity index (χ4v) is 3.13. The van der Waals surface area contributed by atoms with Crippen LogP contribution in [0.4, 0.5) is 4.79 Å².